The monoisotopic (exact) mass is 231 g/mol. The highest BCUT2D eigenvalue weighted by Crippen LogP contribution is 2.24. The SMILES string of the molecule is C=C/C(C)=C(\C=C)c1cnc(NC)c(OC)n1. The number of anilines is 1. The van der Waals surface area contributed by atoms with Crippen LogP contribution in [0, 0.1) is 0 Å². The highest BCUT2D eigenvalue weighted by atomic mass is 16.5. The average Bonchev–Trinajstić information content (AvgIpc) is 2.38. The van der Waals surface area contributed by atoms with E-state index in [2.05, 4.69) is 28.4 Å². The molecule has 1 heterocycles. The fourth-order valence-electron chi connectivity index (χ4n) is 1.39. The quantitative estimate of drug-likeness (QED) is 0.791. The number of hydrogen-bond donors (Lipinski definition) is 1. The third-order valence-electron chi connectivity index (χ3n) is 2.38. The van der Waals surface area contributed by atoms with E-state index in [0.29, 0.717) is 17.4 Å². The van der Waals surface area contributed by atoms with Crippen molar-refractivity contribution in [2.75, 3.05) is 19.5 Å². The van der Waals surface area contributed by atoms with Crippen molar-refractivity contribution in [2.45, 2.75) is 6.92 Å². The lowest BCUT2D eigenvalue weighted by molar-refractivity contribution is 0.397. The fourth-order valence-corrected chi connectivity index (χ4v) is 1.39. The molecule has 0 spiro atoms. The maximum Gasteiger partial charge on any atom is 0.257 e. The molecule has 0 aliphatic heterocycles. The van der Waals surface area contributed by atoms with Gasteiger partial charge in [-0.05, 0) is 12.5 Å². The Bertz CT molecular complexity index is 464. The molecule has 0 fully saturated rings. The molecule has 0 aromatic carbocycles. The molecule has 90 valence electrons. The van der Waals surface area contributed by atoms with Gasteiger partial charge >= 0.3 is 0 Å². The van der Waals surface area contributed by atoms with E-state index in [0.717, 1.165) is 11.1 Å². The summed E-state index contributed by atoms with van der Waals surface area (Å²) in [4.78, 5) is 8.62. The first kappa shape index (κ1) is 13.0. The summed E-state index contributed by atoms with van der Waals surface area (Å²) in [6.45, 7) is 9.46. The smallest absolute Gasteiger partial charge is 0.257 e. The first-order valence-electron chi connectivity index (χ1n) is 5.22. The van der Waals surface area contributed by atoms with Crippen LogP contribution in [-0.4, -0.2) is 24.1 Å². The van der Waals surface area contributed by atoms with E-state index in [1.807, 2.05) is 6.92 Å². The minimum atomic E-state index is 0.459. The van der Waals surface area contributed by atoms with Crippen LogP contribution in [0.3, 0.4) is 0 Å². The normalized spacial score (nSPS) is 11.5. The van der Waals surface area contributed by atoms with E-state index in [1.165, 1.54) is 0 Å². The molecule has 0 atom stereocenters. The Labute approximate surface area is 102 Å². The van der Waals surface area contributed by atoms with Crippen LogP contribution >= 0.6 is 0 Å². The van der Waals surface area contributed by atoms with Crippen molar-refractivity contribution in [3.63, 3.8) is 0 Å². The van der Waals surface area contributed by atoms with Gasteiger partial charge in [-0.3, -0.25) is 0 Å². The van der Waals surface area contributed by atoms with E-state index < -0.39 is 0 Å². The van der Waals surface area contributed by atoms with E-state index in [4.69, 9.17) is 4.74 Å². The number of nitrogens with zero attached hydrogens (tertiary/aromatic N) is 2. The molecule has 0 unspecified atom stereocenters. The number of methoxy groups -OCH3 is 1. The summed E-state index contributed by atoms with van der Waals surface area (Å²) in [5, 5.41) is 2.91. The second-order valence-corrected chi connectivity index (χ2v) is 3.37. The van der Waals surface area contributed by atoms with Gasteiger partial charge in [-0.25, -0.2) is 9.97 Å². The fraction of sp³-hybridized carbons (Fsp3) is 0.231. The number of rotatable bonds is 5. The summed E-state index contributed by atoms with van der Waals surface area (Å²) >= 11 is 0. The lowest BCUT2D eigenvalue weighted by Gasteiger charge is -2.09. The third kappa shape index (κ3) is 2.72. The summed E-state index contributed by atoms with van der Waals surface area (Å²) in [5.74, 6) is 1.07. The van der Waals surface area contributed by atoms with Crippen LogP contribution in [0.1, 0.15) is 12.6 Å². The van der Waals surface area contributed by atoms with Crippen molar-refractivity contribution < 1.29 is 4.74 Å². The van der Waals surface area contributed by atoms with Crippen molar-refractivity contribution in [3.05, 3.63) is 42.8 Å². The van der Waals surface area contributed by atoms with Gasteiger partial charge in [0.25, 0.3) is 5.88 Å². The lowest BCUT2D eigenvalue weighted by Crippen LogP contribution is -2.02. The van der Waals surface area contributed by atoms with Crippen LogP contribution in [0.15, 0.2) is 37.1 Å². The van der Waals surface area contributed by atoms with Gasteiger partial charge in [0.05, 0.1) is 19.0 Å². The standard InChI is InChI=1S/C13H17N3O/c1-6-9(3)10(7-2)11-8-15-12(14-4)13(16-11)17-5/h6-8H,1-2H2,3-5H3,(H,14,15)/b10-9+. The number of nitrogens with one attached hydrogen (secondary N) is 1. The summed E-state index contributed by atoms with van der Waals surface area (Å²) in [6, 6.07) is 0. The topological polar surface area (TPSA) is 47.0 Å². The van der Waals surface area contributed by atoms with Gasteiger partial charge in [-0.15, -0.1) is 0 Å². The molecule has 1 rings (SSSR count). The minimum absolute atomic E-state index is 0.459. The van der Waals surface area contributed by atoms with Gasteiger partial charge in [0.2, 0.25) is 0 Å². The second-order valence-electron chi connectivity index (χ2n) is 3.37. The summed E-state index contributed by atoms with van der Waals surface area (Å²) < 4.78 is 5.17. The summed E-state index contributed by atoms with van der Waals surface area (Å²) in [5.41, 5.74) is 2.61. The Kier molecular flexibility index (Phi) is 4.46. The van der Waals surface area contributed by atoms with Crippen LogP contribution in [-0.2, 0) is 0 Å². The maximum atomic E-state index is 5.17. The van der Waals surface area contributed by atoms with Crippen molar-refractivity contribution in [1.82, 2.24) is 9.97 Å². The second kappa shape index (κ2) is 5.84. The first-order valence-corrected chi connectivity index (χ1v) is 5.22. The molecule has 0 aliphatic rings. The van der Waals surface area contributed by atoms with Gasteiger partial charge in [-0.2, -0.15) is 0 Å². The zero-order valence-electron chi connectivity index (χ0n) is 10.4. The highest BCUT2D eigenvalue weighted by molar-refractivity contribution is 5.75. The van der Waals surface area contributed by atoms with Gasteiger partial charge in [-0.1, -0.05) is 25.3 Å². The van der Waals surface area contributed by atoms with Crippen LogP contribution < -0.4 is 10.1 Å². The van der Waals surface area contributed by atoms with E-state index >= 15 is 0 Å². The predicted octanol–water partition coefficient (Wildman–Crippen LogP) is 2.67. The maximum absolute atomic E-state index is 5.17. The first-order chi connectivity index (χ1) is 8.17. The minimum Gasteiger partial charge on any atom is -0.478 e. The summed E-state index contributed by atoms with van der Waals surface area (Å²) in [7, 11) is 3.33. The predicted molar refractivity (Wildman–Crippen MR) is 71.1 cm³/mol. The summed E-state index contributed by atoms with van der Waals surface area (Å²) in [6.07, 6.45) is 5.18. The Balaban J connectivity index is 3.33. The van der Waals surface area contributed by atoms with Crippen LogP contribution in [0.2, 0.25) is 0 Å². The molecule has 0 saturated heterocycles. The molecular formula is C13H17N3O. The molecule has 1 N–H and O–H groups in total. The van der Waals surface area contributed by atoms with E-state index in [-0.39, 0.29) is 0 Å². The Morgan fingerprint density at radius 1 is 1.41 bits per heavy atom. The third-order valence-corrected chi connectivity index (χ3v) is 2.38. The molecular weight excluding hydrogens is 214 g/mol. The Morgan fingerprint density at radius 2 is 2.12 bits per heavy atom. The number of aromatic nitrogens is 2. The zero-order valence-corrected chi connectivity index (χ0v) is 10.4. The highest BCUT2D eigenvalue weighted by Gasteiger charge is 2.09. The number of allylic oxidation sites excluding steroid dienone is 4. The van der Waals surface area contributed by atoms with Crippen molar-refractivity contribution >= 4 is 11.4 Å². The van der Waals surface area contributed by atoms with Crippen molar-refractivity contribution in [3.8, 4) is 5.88 Å². The van der Waals surface area contributed by atoms with Crippen molar-refractivity contribution in [2.24, 2.45) is 0 Å². The largest absolute Gasteiger partial charge is 0.478 e. The van der Waals surface area contributed by atoms with Gasteiger partial charge in [0.15, 0.2) is 5.82 Å². The van der Waals surface area contributed by atoms with Crippen LogP contribution in [0.4, 0.5) is 5.82 Å². The Morgan fingerprint density at radius 3 is 2.59 bits per heavy atom. The Hall–Kier alpha value is -2.10. The molecule has 4 nitrogen and oxygen atoms in total. The molecule has 0 aliphatic carbocycles. The molecule has 0 radical (unpaired) electrons. The van der Waals surface area contributed by atoms with Gasteiger partial charge in [0.1, 0.15) is 0 Å². The molecule has 1 aromatic rings. The number of ether oxygens (including phenoxy) is 1. The van der Waals surface area contributed by atoms with Gasteiger partial charge < -0.3 is 10.1 Å². The molecule has 0 saturated carbocycles. The molecule has 0 amide bonds. The van der Waals surface area contributed by atoms with Crippen LogP contribution in [0.25, 0.3) is 5.57 Å². The van der Waals surface area contributed by atoms with E-state index in [9.17, 15) is 0 Å². The molecule has 4 heteroatoms. The molecule has 17 heavy (non-hydrogen) atoms. The zero-order chi connectivity index (χ0) is 12.8. The van der Waals surface area contributed by atoms with Crippen LogP contribution in [0.5, 0.6) is 5.88 Å². The lowest BCUT2D eigenvalue weighted by atomic mass is 10.1. The average molecular weight is 231 g/mol. The van der Waals surface area contributed by atoms with E-state index in [1.54, 1.807) is 32.5 Å². The molecule has 0 bridgehead atoms. The number of hydrogen-bond acceptors (Lipinski definition) is 4. The van der Waals surface area contributed by atoms with Gasteiger partial charge in [0, 0.05) is 12.6 Å². The van der Waals surface area contributed by atoms with Crippen molar-refractivity contribution in [1.29, 1.82) is 0 Å². The molecule has 1 aromatic heterocycles.